The van der Waals surface area contributed by atoms with Crippen LogP contribution in [0.2, 0.25) is 0 Å². The number of benzene rings is 1. The fourth-order valence-electron chi connectivity index (χ4n) is 10.4. The molecule has 67 heavy (non-hydrogen) atoms. The number of carbonyl (C=O) groups excluding carboxylic acids is 4. The first-order chi connectivity index (χ1) is 32.2. The summed E-state index contributed by atoms with van der Waals surface area (Å²) in [5, 5.41) is 5.75. The number of likely N-dealkylation sites (tertiary alicyclic amines) is 1. The summed E-state index contributed by atoms with van der Waals surface area (Å²) in [5.41, 5.74) is 8.94. The summed E-state index contributed by atoms with van der Waals surface area (Å²) < 4.78 is 15.9. The Morgan fingerprint density at radius 1 is 1.06 bits per heavy atom. The first-order valence-corrected chi connectivity index (χ1v) is 24.1. The van der Waals surface area contributed by atoms with Gasteiger partial charge in [-0.25, -0.2) is 10.4 Å². The van der Waals surface area contributed by atoms with E-state index in [-0.39, 0.29) is 42.6 Å². The van der Waals surface area contributed by atoms with Crippen LogP contribution in [-0.2, 0) is 55.1 Å². The monoisotopic (exact) mass is 917 g/mol. The van der Waals surface area contributed by atoms with Crippen LogP contribution in [0.3, 0.4) is 0 Å². The molecule has 3 fully saturated rings. The Kier molecular flexibility index (Phi) is 14.8. The number of nitrogens with zero attached hydrogens (tertiary/aromatic N) is 8. The van der Waals surface area contributed by atoms with Crippen LogP contribution in [0.15, 0.2) is 48.9 Å². The summed E-state index contributed by atoms with van der Waals surface area (Å²) in [5.74, 6) is 5.38. The molecule has 3 aromatic heterocycles. The molecule has 4 aliphatic rings. The number of aromatic nitrogens is 4. The van der Waals surface area contributed by atoms with Gasteiger partial charge in [-0.3, -0.25) is 39.0 Å². The van der Waals surface area contributed by atoms with E-state index in [9.17, 15) is 19.2 Å². The number of imidazole rings is 1. The van der Waals surface area contributed by atoms with Gasteiger partial charge >= 0.3 is 5.97 Å². The zero-order valence-corrected chi connectivity index (χ0v) is 40.3. The molecule has 8 rings (SSSR count). The molecule has 6 bridgehead atoms. The number of fused-ring (bicyclic) bond motifs is 6. The minimum Gasteiger partial charge on any atom is -0.464 e. The molecule has 4 atom stereocenters. The van der Waals surface area contributed by atoms with Gasteiger partial charge in [0.05, 0.1) is 50.0 Å². The Labute approximate surface area is 394 Å². The largest absolute Gasteiger partial charge is 0.464 e. The summed E-state index contributed by atoms with van der Waals surface area (Å²) in [6.07, 6.45) is 8.18. The molecule has 16 nitrogen and oxygen atoms in total. The Bertz CT molecular complexity index is 2500. The molecule has 16 heteroatoms. The van der Waals surface area contributed by atoms with E-state index in [0.717, 1.165) is 65.0 Å². The molecule has 0 radical (unpaired) electrons. The number of cyclic esters (lactones) is 1. The van der Waals surface area contributed by atoms with Crippen molar-refractivity contribution in [3.63, 3.8) is 0 Å². The highest BCUT2D eigenvalue weighted by Gasteiger charge is 2.38. The van der Waals surface area contributed by atoms with Crippen LogP contribution in [0.4, 0.5) is 0 Å². The number of morpholine rings is 1. The Morgan fingerprint density at radius 3 is 2.61 bits per heavy atom. The second-order valence-corrected chi connectivity index (χ2v) is 19.9. The highest BCUT2D eigenvalue weighted by atomic mass is 16.5. The van der Waals surface area contributed by atoms with Gasteiger partial charge < -0.3 is 28.8 Å². The molecule has 0 saturated carbocycles. The molecular formula is C51H68N10O6. The molecule has 4 aliphatic heterocycles. The third kappa shape index (κ3) is 10.8. The molecule has 358 valence electrons. The van der Waals surface area contributed by atoms with E-state index in [2.05, 4.69) is 87.0 Å². The van der Waals surface area contributed by atoms with Crippen LogP contribution in [-0.4, -0.2) is 153 Å². The first kappa shape index (κ1) is 47.9. The van der Waals surface area contributed by atoms with Crippen LogP contribution in [0.1, 0.15) is 65.3 Å². The highest BCUT2D eigenvalue weighted by Crippen LogP contribution is 2.40. The maximum Gasteiger partial charge on any atom is 0.324 e. The molecule has 3 saturated heterocycles. The Hall–Kier alpha value is -5.60. The SMILES string of the molecule is CCn1c(-c2cccnc2)c2c3cc(ccc31)-c1cnc(n1C)C[C@H](NC(=O)[C@H](C(C)C)N(C)CC1CCN(C(=O)C#CCN3CCOCC3)C1)C(=O)N1CCC[C@H](N1)C(=O)OCC(C)(C)C2. The van der Waals surface area contributed by atoms with Crippen molar-refractivity contribution in [2.45, 2.75) is 91.4 Å². The fourth-order valence-corrected chi connectivity index (χ4v) is 10.4. The van der Waals surface area contributed by atoms with E-state index in [1.54, 1.807) is 6.20 Å². The van der Waals surface area contributed by atoms with Crippen LogP contribution in [0, 0.1) is 29.1 Å². The van der Waals surface area contributed by atoms with Gasteiger partial charge in [-0.05, 0) is 87.2 Å². The number of hydrogen-bond donors (Lipinski definition) is 2. The zero-order chi connectivity index (χ0) is 47.4. The van der Waals surface area contributed by atoms with Crippen LogP contribution < -0.4 is 10.7 Å². The third-order valence-electron chi connectivity index (χ3n) is 13.9. The van der Waals surface area contributed by atoms with Crippen molar-refractivity contribution >= 4 is 34.6 Å². The van der Waals surface area contributed by atoms with E-state index in [0.29, 0.717) is 71.0 Å². The van der Waals surface area contributed by atoms with E-state index in [1.165, 1.54) is 5.01 Å². The van der Waals surface area contributed by atoms with Crippen LogP contribution >= 0.6 is 0 Å². The van der Waals surface area contributed by atoms with Crippen molar-refractivity contribution < 1.29 is 28.7 Å². The number of esters is 1. The molecule has 1 aromatic carbocycles. The highest BCUT2D eigenvalue weighted by molar-refractivity contribution is 5.95. The second-order valence-electron chi connectivity index (χ2n) is 19.9. The van der Waals surface area contributed by atoms with Crippen LogP contribution in [0.25, 0.3) is 33.4 Å². The van der Waals surface area contributed by atoms with Gasteiger partial charge in [0.25, 0.3) is 11.8 Å². The minimum absolute atomic E-state index is 0.0955. The van der Waals surface area contributed by atoms with Gasteiger partial charge in [0.1, 0.15) is 17.9 Å². The molecule has 7 heterocycles. The van der Waals surface area contributed by atoms with Gasteiger partial charge in [-0.1, -0.05) is 39.7 Å². The molecule has 0 spiro atoms. The number of hydrogen-bond acceptors (Lipinski definition) is 11. The van der Waals surface area contributed by atoms with Crippen molar-refractivity contribution in [1.82, 2.24) is 49.6 Å². The van der Waals surface area contributed by atoms with Gasteiger partial charge in [0, 0.05) is 99.1 Å². The number of pyridine rings is 1. The van der Waals surface area contributed by atoms with Crippen LogP contribution in [0.5, 0.6) is 0 Å². The van der Waals surface area contributed by atoms with Crippen molar-refractivity contribution in [2.75, 3.05) is 72.7 Å². The summed E-state index contributed by atoms with van der Waals surface area (Å²) in [7, 11) is 3.89. The number of amides is 3. The molecule has 4 aromatic rings. The van der Waals surface area contributed by atoms with E-state index in [4.69, 9.17) is 14.5 Å². The lowest BCUT2D eigenvalue weighted by atomic mass is 9.84. The number of ether oxygens (including phenoxy) is 2. The lowest BCUT2D eigenvalue weighted by molar-refractivity contribution is -0.155. The van der Waals surface area contributed by atoms with Gasteiger partial charge in [-0.2, -0.15) is 0 Å². The average Bonchev–Trinajstić information content (AvgIpc) is 4.02. The average molecular weight is 917 g/mol. The predicted molar refractivity (Wildman–Crippen MR) is 256 cm³/mol. The lowest BCUT2D eigenvalue weighted by Crippen LogP contribution is -2.62. The minimum atomic E-state index is -0.999. The summed E-state index contributed by atoms with van der Waals surface area (Å²) >= 11 is 0. The van der Waals surface area contributed by atoms with E-state index >= 15 is 0 Å². The standard InChI is InChI=1S/C51H68N10O6/c1-8-60-42-16-15-36-26-38(42)39(47(60)37-12-9-18-52-29-37)28-51(4,5)33-67-50(65)40-13-10-20-61(55-40)49(64)41(27-44-53-30-43(36)57(44)7)54-48(63)46(34(2)3)56(6)31-35-17-21-59(32-35)45(62)14-11-19-58-22-24-66-25-23-58/h9,12,15-16,18,26,29-30,34-35,40-41,46,55H,8,10,13,17,19-25,27-28,31-33H2,1-7H3,(H,54,63)/t35?,40-,41-,46-/m0/s1. The lowest BCUT2D eigenvalue weighted by Gasteiger charge is -2.37. The quantitative estimate of drug-likeness (QED) is 0.185. The van der Waals surface area contributed by atoms with Crippen molar-refractivity contribution in [3.8, 4) is 34.4 Å². The van der Waals surface area contributed by atoms with Gasteiger partial charge in [0.2, 0.25) is 5.91 Å². The summed E-state index contributed by atoms with van der Waals surface area (Å²) in [4.78, 5) is 71.7. The summed E-state index contributed by atoms with van der Waals surface area (Å²) in [6.45, 7) is 17.0. The number of hydrazine groups is 1. The molecule has 2 N–H and O–H groups in total. The Balaban J connectivity index is 1.06. The van der Waals surface area contributed by atoms with Gasteiger partial charge in [-0.15, -0.1) is 0 Å². The zero-order valence-electron chi connectivity index (χ0n) is 40.3. The normalized spacial score (nSPS) is 22.1. The maximum atomic E-state index is 14.7. The van der Waals surface area contributed by atoms with Crippen molar-refractivity contribution in [2.24, 2.45) is 24.3 Å². The molecular weight excluding hydrogens is 849 g/mol. The number of aryl methyl sites for hydroxylation is 1. The van der Waals surface area contributed by atoms with Crippen molar-refractivity contribution in [3.05, 3.63) is 60.3 Å². The molecule has 1 unspecified atom stereocenters. The topological polar surface area (TPSA) is 159 Å². The predicted octanol–water partition coefficient (Wildman–Crippen LogP) is 3.91. The Morgan fingerprint density at radius 2 is 1.87 bits per heavy atom. The second kappa shape index (κ2) is 20.7. The van der Waals surface area contributed by atoms with E-state index in [1.807, 2.05) is 55.9 Å². The molecule has 3 amide bonds. The smallest absolute Gasteiger partial charge is 0.324 e. The third-order valence-corrected chi connectivity index (χ3v) is 13.9. The number of rotatable bonds is 9. The van der Waals surface area contributed by atoms with Crippen molar-refractivity contribution in [1.29, 1.82) is 0 Å². The number of nitrogens with one attached hydrogen (secondary N) is 2. The number of carbonyl (C=O) groups is 4. The number of likely N-dealkylation sites (N-methyl/N-ethyl adjacent to an activating group) is 1. The maximum absolute atomic E-state index is 14.7. The van der Waals surface area contributed by atoms with Gasteiger partial charge in [0.15, 0.2) is 0 Å². The fraction of sp³-hybridized carbons (Fsp3) is 0.569. The van der Waals surface area contributed by atoms with E-state index < -0.39 is 29.5 Å². The summed E-state index contributed by atoms with van der Waals surface area (Å²) in [6, 6.07) is 8.24. The molecule has 0 aliphatic carbocycles. The first-order valence-electron chi connectivity index (χ1n) is 24.1.